The van der Waals surface area contributed by atoms with E-state index in [0.717, 1.165) is 72.2 Å². The molecule has 1 amide bonds. The van der Waals surface area contributed by atoms with E-state index in [1.807, 2.05) is 60.7 Å². The summed E-state index contributed by atoms with van der Waals surface area (Å²) >= 11 is 0. The molecule has 11 nitrogen and oxygen atoms in total. The van der Waals surface area contributed by atoms with Crippen LogP contribution in [-0.2, 0) is 0 Å². The molecular weight excluding hydrogens is 691 g/mol. The van der Waals surface area contributed by atoms with Crippen LogP contribution in [0.25, 0.3) is 11.6 Å². The Hall–Kier alpha value is -5.49. The molecule has 0 bridgehead atoms. The molecule has 3 aliphatic heterocycles. The number of nitrogens with zero attached hydrogens (tertiary/aromatic N) is 2. The van der Waals surface area contributed by atoms with Gasteiger partial charge in [-0.25, -0.2) is 9.79 Å². The fraction of sp³-hybridized carbons (Fsp3) is 0.341. The lowest BCUT2D eigenvalue weighted by Gasteiger charge is -2.30. The van der Waals surface area contributed by atoms with Gasteiger partial charge in [0.1, 0.15) is 23.6 Å². The summed E-state index contributed by atoms with van der Waals surface area (Å²) in [5, 5.41) is 33.4. The molecule has 11 heteroatoms. The Morgan fingerprint density at radius 3 is 2.67 bits per heavy atom. The predicted octanol–water partition coefficient (Wildman–Crippen LogP) is 6.91. The number of amides is 1. The first-order chi connectivity index (χ1) is 26.7. The molecule has 3 aliphatic rings. The van der Waals surface area contributed by atoms with E-state index in [-0.39, 0.29) is 6.04 Å². The summed E-state index contributed by atoms with van der Waals surface area (Å²) in [5.41, 5.74) is 12.1. The van der Waals surface area contributed by atoms with Crippen molar-refractivity contribution in [2.24, 2.45) is 15.7 Å². The first-order valence-electron chi connectivity index (χ1n) is 19.2. The second kappa shape index (κ2) is 20.8. The van der Waals surface area contributed by atoms with Gasteiger partial charge in [-0.15, -0.1) is 0 Å². The van der Waals surface area contributed by atoms with Crippen LogP contribution < -0.4 is 31.7 Å². The number of nitrogens with one attached hydrogen (secondary N) is 4. The van der Waals surface area contributed by atoms with Crippen molar-refractivity contribution in [1.82, 2.24) is 21.3 Å². The van der Waals surface area contributed by atoms with E-state index in [0.29, 0.717) is 48.9 Å². The number of fused-ring (bicyclic) bond motifs is 1. The molecule has 3 heterocycles. The lowest BCUT2D eigenvalue weighted by atomic mass is 9.98. The van der Waals surface area contributed by atoms with Crippen LogP contribution in [0.2, 0.25) is 0 Å². The first-order valence-corrected chi connectivity index (χ1v) is 19.2. The third-order valence-electron chi connectivity index (χ3n) is 9.67. The van der Waals surface area contributed by atoms with Gasteiger partial charge in [-0.1, -0.05) is 112 Å². The van der Waals surface area contributed by atoms with E-state index in [1.54, 1.807) is 18.3 Å². The number of unbranched alkanes of at least 4 members (excludes halogenated alkanes) is 2. The van der Waals surface area contributed by atoms with Crippen molar-refractivity contribution in [1.29, 1.82) is 0 Å². The van der Waals surface area contributed by atoms with E-state index < -0.39 is 24.4 Å². The van der Waals surface area contributed by atoms with Crippen LogP contribution in [0.5, 0.6) is 5.75 Å². The zero-order chi connectivity index (χ0) is 39.0. The average molecular weight is 746 g/mol. The summed E-state index contributed by atoms with van der Waals surface area (Å²) in [4.78, 5) is 21.1. The molecule has 2 aromatic carbocycles. The number of rotatable bonds is 14. The summed E-state index contributed by atoms with van der Waals surface area (Å²) in [5.74, 6) is 1.98. The van der Waals surface area contributed by atoms with Gasteiger partial charge in [-0.3, -0.25) is 10.3 Å². The number of allylic oxidation sites excluding steroid dienone is 7. The van der Waals surface area contributed by atoms with Gasteiger partial charge >= 0.3 is 6.09 Å². The molecule has 55 heavy (non-hydrogen) atoms. The monoisotopic (exact) mass is 745 g/mol. The van der Waals surface area contributed by atoms with Crippen LogP contribution in [0.1, 0.15) is 74.6 Å². The number of nitrogens with two attached hydrogens (primary N) is 1. The maximum atomic E-state index is 11.7. The Morgan fingerprint density at radius 1 is 1.11 bits per heavy atom. The Bertz CT molecular complexity index is 1870. The third kappa shape index (κ3) is 12.3. The molecule has 1 saturated heterocycles. The smallest absolute Gasteiger partial charge is 0.405 e. The van der Waals surface area contributed by atoms with Gasteiger partial charge in [0, 0.05) is 23.9 Å². The van der Waals surface area contributed by atoms with Crippen molar-refractivity contribution >= 4 is 29.4 Å². The number of aliphatic hydroxyl groups excluding tert-OH is 1. The summed E-state index contributed by atoms with van der Waals surface area (Å²) in [6.07, 6.45) is 19.8. The molecule has 4 atom stereocenters. The lowest BCUT2D eigenvalue weighted by molar-refractivity contribution is 0.0841. The van der Waals surface area contributed by atoms with E-state index in [9.17, 15) is 15.0 Å². The highest BCUT2D eigenvalue weighted by molar-refractivity contribution is 5.89. The number of aliphatic hydroxyl groups is 1. The summed E-state index contributed by atoms with van der Waals surface area (Å²) < 4.78 is 6.29. The standard InChI is InChI=1S/C44H55N7O4/c1-4-5-7-15-38(50-43(52)40(51-44(53)54)35-12-8-6-9-13-35)42-48-27-24-34(21-18-31(3)49-42)33-14-11-28-55-39-29-32(19-22-36(39)30(2)17-20-33)23-26-47-41(45)37-16-10-25-46-37/h6,8-9,12-14,17-24,26,29,37-38,40,43,46,50-52H,2-5,7,10-11,15-16,25,27-28H2,1H3,(H2,45,47)(H,48,49)(H,53,54)/b20-17?,21-18-,26-23+,33-14?,34-24+/t37-,38-,40+,43?/m0/s1. The van der Waals surface area contributed by atoms with Crippen LogP contribution >= 0.6 is 0 Å². The topological polar surface area (TPSA) is 166 Å². The second-order valence-electron chi connectivity index (χ2n) is 13.8. The lowest BCUT2D eigenvalue weighted by Crippen LogP contribution is -2.52. The van der Waals surface area contributed by atoms with Crippen molar-refractivity contribution in [3.63, 3.8) is 0 Å². The zero-order valence-corrected chi connectivity index (χ0v) is 31.7. The van der Waals surface area contributed by atoms with Gasteiger partial charge in [0.25, 0.3) is 0 Å². The van der Waals surface area contributed by atoms with Gasteiger partial charge in [-0.05, 0) is 71.9 Å². The Kier molecular flexibility index (Phi) is 15.4. The molecule has 0 aliphatic carbocycles. The second-order valence-corrected chi connectivity index (χ2v) is 13.8. The van der Waals surface area contributed by atoms with Crippen molar-refractivity contribution in [3.8, 4) is 5.75 Å². The number of benzene rings is 2. The molecule has 8 N–H and O–H groups in total. The number of hydrogen-bond acceptors (Lipinski definition) is 8. The molecule has 1 unspecified atom stereocenters. The number of hydrogen-bond donors (Lipinski definition) is 7. The maximum Gasteiger partial charge on any atom is 0.405 e. The van der Waals surface area contributed by atoms with Crippen LogP contribution in [0.3, 0.4) is 0 Å². The fourth-order valence-electron chi connectivity index (χ4n) is 6.70. The average Bonchev–Trinajstić information content (AvgIpc) is 3.75. The summed E-state index contributed by atoms with van der Waals surface area (Å²) in [6, 6.07) is 13.9. The van der Waals surface area contributed by atoms with Crippen molar-refractivity contribution in [3.05, 3.63) is 138 Å². The van der Waals surface area contributed by atoms with E-state index in [4.69, 9.17) is 15.5 Å². The highest BCUT2D eigenvalue weighted by atomic mass is 16.5. The maximum absolute atomic E-state index is 11.7. The zero-order valence-electron chi connectivity index (χ0n) is 31.7. The number of aliphatic imine (C=N–C) groups is 2. The first kappa shape index (κ1) is 40.7. The molecule has 5 rings (SSSR count). The highest BCUT2D eigenvalue weighted by Crippen LogP contribution is 2.30. The fourth-order valence-corrected chi connectivity index (χ4v) is 6.70. The molecule has 290 valence electrons. The van der Waals surface area contributed by atoms with Crippen molar-refractivity contribution in [2.75, 3.05) is 19.7 Å². The molecular formula is C44H55N7O4. The number of ether oxygens (including phenoxy) is 1. The largest absolute Gasteiger partial charge is 0.493 e. The summed E-state index contributed by atoms with van der Waals surface area (Å²) in [6.45, 7) is 12.5. The van der Waals surface area contributed by atoms with Crippen LogP contribution in [0, 0.1) is 0 Å². The predicted molar refractivity (Wildman–Crippen MR) is 224 cm³/mol. The minimum absolute atomic E-state index is 0.142. The quantitative estimate of drug-likeness (QED) is 0.0475. The molecule has 0 spiro atoms. The van der Waals surface area contributed by atoms with E-state index in [2.05, 4.69) is 64.6 Å². The van der Waals surface area contributed by atoms with E-state index in [1.165, 1.54) is 0 Å². The number of amidine groups is 2. The minimum atomic E-state index is -1.23. The molecule has 0 aromatic heterocycles. The van der Waals surface area contributed by atoms with Gasteiger partial charge in [0.15, 0.2) is 0 Å². The SMILES string of the molecule is C=C1/C=C\C(C2=CCCOc3cc(/C=C/N=C(N)[C@@H]4CCCN4)ccc3C(=C)C=C2)=C/CN=C([C@H](CCCCC)NC(O)[C@H](NC(=O)O)c2ccccc2)N1. The van der Waals surface area contributed by atoms with Gasteiger partial charge in [0.2, 0.25) is 0 Å². The normalized spacial score (nSPS) is 21.2. The highest BCUT2D eigenvalue weighted by Gasteiger charge is 2.28. The number of carbonyl (C=O) groups is 1. The molecule has 1 fully saturated rings. The van der Waals surface area contributed by atoms with Gasteiger partial charge in [0.05, 0.1) is 31.3 Å². The van der Waals surface area contributed by atoms with Crippen molar-refractivity contribution in [2.45, 2.75) is 76.2 Å². The molecule has 0 saturated carbocycles. The van der Waals surface area contributed by atoms with Crippen LogP contribution in [0.4, 0.5) is 4.79 Å². The van der Waals surface area contributed by atoms with Gasteiger partial charge in [-0.2, -0.15) is 0 Å². The Labute approximate surface area is 325 Å². The minimum Gasteiger partial charge on any atom is -0.493 e. The van der Waals surface area contributed by atoms with Crippen LogP contribution in [0.15, 0.2) is 131 Å². The molecule has 0 radical (unpaired) electrons. The van der Waals surface area contributed by atoms with Crippen molar-refractivity contribution < 1.29 is 19.7 Å². The van der Waals surface area contributed by atoms with E-state index >= 15 is 0 Å². The van der Waals surface area contributed by atoms with Gasteiger partial charge < -0.3 is 36.6 Å². The number of carboxylic acid groups (broad SMARTS) is 1. The molecule has 2 aromatic rings. The van der Waals surface area contributed by atoms with Crippen LogP contribution in [-0.4, -0.2) is 66.0 Å². The summed E-state index contributed by atoms with van der Waals surface area (Å²) in [7, 11) is 0. The Morgan fingerprint density at radius 2 is 1.91 bits per heavy atom. The Balaban J connectivity index is 1.32. The third-order valence-corrected chi connectivity index (χ3v) is 9.67.